The van der Waals surface area contributed by atoms with Gasteiger partial charge in [0.2, 0.25) is 0 Å². The SMILES string of the molecule is CCOC(=O)[C@H](C)N1C(=O)S/C(=C/c2cc(Cl)c(OCc3ccc(F)cc3)c(OC)c2)C1=O. The van der Waals surface area contributed by atoms with Gasteiger partial charge in [0.15, 0.2) is 11.5 Å². The summed E-state index contributed by atoms with van der Waals surface area (Å²) >= 11 is 7.10. The minimum absolute atomic E-state index is 0.134. The highest BCUT2D eigenvalue weighted by molar-refractivity contribution is 8.18. The highest BCUT2D eigenvalue weighted by Crippen LogP contribution is 2.39. The van der Waals surface area contributed by atoms with Crippen LogP contribution in [0.15, 0.2) is 41.3 Å². The highest BCUT2D eigenvalue weighted by Gasteiger charge is 2.41. The van der Waals surface area contributed by atoms with Crippen molar-refractivity contribution in [2.75, 3.05) is 13.7 Å². The molecule has 0 N–H and O–H groups in total. The van der Waals surface area contributed by atoms with Gasteiger partial charge in [0.05, 0.1) is 23.6 Å². The number of thioether (sulfide) groups is 1. The lowest BCUT2D eigenvalue weighted by molar-refractivity contribution is -0.150. The number of hydrogen-bond donors (Lipinski definition) is 0. The number of carbonyl (C=O) groups excluding carboxylic acids is 3. The van der Waals surface area contributed by atoms with E-state index >= 15 is 0 Å². The number of amides is 2. The summed E-state index contributed by atoms with van der Waals surface area (Å²) in [6.45, 7) is 3.36. The molecule has 0 unspecified atom stereocenters. The molecule has 174 valence electrons. The van der Waals surface area contributed by atoms with Crippen LogP contribution in [0.3, 0.4) is 0 Å². The summed E-state index contributed by atoms with van der Waals surface area (Å²) in [5.41, 5.74) is 1.24. The highest BCUT2D eigenvalue weighted by atomic mass is 35.5. The molecule has 0 aliphatic carbocycles. The molecule has 0 radical (unpaired) electrons. The summed E-state index contributed by atoms with van der Waals surface area (Å²) in [6.07, 6.45) is 1.49. The summed E-state index contributed by atoms with van der Waals surface area (Å²) < 4.78 is 29.1. The van der Waals surface area contributed by atoms with E-state index in [2.05, 4.69) is 0 Å². The van der Waals surface area contributed by atoms with Crippen molar-refractivity contribution in [3.05, 3.63) is 63.3 Å². The van der Waals surface area contributed by atoms with Gasteiger partial charge in [-0.25, -0.2) is 9.18 Å². The molecule has 0 bridgehead atoms. The minimum atomic E-state index is -1.04. The van der Waals surface area contributed by atoms with Gasteiger partial charge in [-0.3, -0.25) is 14.5 Å². The van der Waals surface area contributed by atoms with E-state index in [9.17, 15) is 18.8 Å². The maximum atomic E-state index is 13.1. The predicted octanol–water partition coefficient (Wildman–Crippen LogP) is 5.05. The van der Waals surface area contributed by atoms with Crippen LogP contribution in [0.2, 0.25) is 5.02 Å². The van der Waals surface area contributed by atoms with E-state index in [-0.39, 0.29) is 34.7 Å². The van der Waals surface area contributed by atoms with Crippen LogP contribution in [0.4, 0.5) is 9.18 Å². The van der Waals surface area contributed by atoms with E-state index in [1.165, 1.54) is 32.2 Å². The molecule has 33 heavy (non-hydrogen) atoms. The normalized spacial score (nSPS) is 15.7. The Balaban J connectivity index is 1.81. The van der Waals surface area contributed by atoms with Crippen LogP contribution < -0.4 is 9.47 Å². The second-order valence-electron chi connectivity index (χ2n) is 6.93. The van der Waals surface area contributed by atoms with Crippen LogP contribution in [0.25, 0.3) is 6.08 Å². The summed E-state index contributed by atoms with van der Waals surface area (Å²) in [5.74, 6) is -1.01. The summed E-state index contributed by atoms with van der Waals surface area (Å²) in [6, 6.07) is 7.98. The first-order valence-electron chi connectivity index (χ1n) is 9.93. The van der Waals surface area contributed by atoms with Gasteiger partial charge in [0, 0.05) is 0 Å². The molecule has 0 aromatic heterocycles. The molecule has 1 aliphatic rings. The zero-order valence-corrected chi connectivity index (χ0v) is 19.7. The summed E-state index contributed by atoms with van der Waals surface area (Å²) in [5, 5.41) is -0.342. The molecule has 1 saturated heterocycles. The van der Waals surface area contributed by atoms with Crippen molar-refractivity contribution in [1.82, 2.24) is 4.90 Å². The standard InChI is InChI=1S/C23H21ClFNO6S/c1-4-31-22(28)13(2)26-21(27)19(33-23(26)29)11-15-9-17(24)20(18(10-15)30-3)32-12-14-5-7-16(25)8-6-14/h5-11,13H,4,12H2,1-3H3/b19-11+/t13-/m0/s1. The average Bonchev–Trinajstić information content (AvgIpc) is 3.06. The third kappa shape index (κ3) is 5.66. The third-order valence-electron chi connectivity index (χ3n) is 4.68. The lowest BCUT2D eigenvalue weighted by Crippen LogP contribution is -2.42. The van der Waals surface area contributed by atoms with Gasteiger partial charge in [-0.1, -0.05) is 23.7 Å². The Morgan fingerprint density at radius 3 is 2.58 bits per heavy atom. The quantitative estimate of drug-likeness (QED) is 0.375. The smallest absolute Gasteiger partial charge is 0.329 e. The van der Waals surface area contributed by atoms with Crippen molar-refractivity contribution >= 4 is 46.6 Å². The van der Waals surface area contributed by atoms with Crippen molar-refractivity contribution in [2.24, 2.45) is 0 Å². The van der Waals surface area contributed by atoms with E-state index in [0.29, 0.717) is 11.3 Å². The third-order valence-corrected chi connectivity index (χ3v) is 5.85. The van der Waals surface area contributed by atoms with E-state index < -0.39 is 23.2 Å². The average molecular weight is 494 g/mol. The predicted molar refractivity (Wildman–Crippen MR) is 123 cm³/mol. The molecule has 7 nitrogen and oxygen atoms in total. The fraction of sp³-hybridized carbons (Fsp3) is 0.261. The topological polar surface area (TPSA) is 82.1 Å². The Bertz CT molecular complexity index is 1100. The monoisotopic (exact) mass is 493 g/mol. The van der Waals surface area contributed by atoms with Crippen LogP contribution in [0.1, 0.15) is 25.0 Å². The molecule has 3 rings (SSSR count). The number of nitrogens with zero attached hydrogens (tertiary/aromatic N) is 1. The Morgan fingerprint density at radius 2 is 1.94 bits per heavy atom. The Kier molecular flexibility index (Phi) is 7.99. The van der Waals surface area contributed by atoms with Gasteiger partial charge in [0.25, 0.3) is 11.1 Å². The summed E-state index contributed by atoms with van der Waals surface area (Å²) in [4.78, 5) is 38.1. The molecule has 2 aromatic rings. The van der Waals surface area contributed by atoms with Crippen molar-refractivity contribution in [3.8, 4) is 11.5 Å². The molecule has 1 atom stereocenters. The molecule has 0 saturated carbocycles. The number of benzene rings is 2. The number of esters is 1. The molecule has 1 aliphatic heterocycles. The van der Waals surface area contributed by atoms with Crippen LogP contribution in [0.5, 0.6) is 11.5 Å². The number of hydrogen-bond acceptors (Lipinski definition) is 7. The Hall–Kier alpha value is -3.04. The van der Waals surface area contributed by atoms with Gasteiger partial charge in [-0.2, -0.15) is 0 Å². The number of imide groups is 1. The second kappa shape index (κ2) is 10.7. The number of halogens is 2. The van der Waals surface area contributed by atoms with E-state index in [1.54, 1.807) is 31.2 Å². The molecule has 10 heteroatoms. The maximum Gasteiger partial charge on any atom is 0.329 e. The van der Waals surface area contributed by atoms with Crippen molar-refractivity contribution in [2.45, 2.75) is 26.5 Å². The largest absolute Gasteiger partial charge is 0.493 e. The molecule has 2 amide bonds. The summed E-state index contributed by atoms with van der Waals surface area (Å²) in [7, 11) is 1.44. The lowest BCUT2D eigenvalue weighted by Gasteiger charge is -2.19. The molecular formula is C23H21ClFNO6S. The van der Waals surface area contributed by atoms with Crippen LogP contribution >= 0.6 is 23.4 Å². The van der Waals surface area contributed by atoms with Gasteiger partial charge >= 0.3 is 5.97 Å². The van der Waals surface area contributed by atoms with Gasteiger partial charge < -0.3 is 14.2 Å². The first-order chi connectivity index (χ1) is 15.7. The zero-order valence-electron chi connectivity index (χ0n) is 18.1. The van der Waals surface area contributed by atoms with Crippen molar-refractivity contribution in [1.29, 1.82) is 0 Å². The van der Waals surface area contributed by atoms with Gasteiger partial charge in [-0.05, 0) is 67.1 Å². The number of ether oxygens (including phenoxy) is 3. The number of rotatable bonds is 8. The van der Waals surface area contributed by atoms with Crippen LogP contribution in [-0.2, 0) is 20.9 Å². The molecule has 2 aromatic carbocycles. The van der Waals surface area contributed by atoms with Gasteiger partial charge in [-0.15, -0.1) is 0 Å². The second-order valence-corrected chi connectivity index (χ2v) is 8.33. The Labute approximate surface area is 199 Å². The van der Waals surface area contributed by atoms with Crippen molar-refractivity contribution in [3.63, 3.8) is 0 Å². The Morgan fingerprint density at radius 1 is 1.24 bits per heavy atom. The molecule has 0 spiro atoms. The van der Waals surface area contributed by atoms with Crippen LogP contribution in [-0.4, -0.2) is 41.8 Å². The lowest BCUT2D eigenvalue weighted by atomic mass is 10.1. The first-order valence-corrected chi connectivity index (χ1v) is 11.1. The maximum absolute atomic E-state index is 13.1. The number of methoxy groups -OCH3 is 1. The fourth-order valence-corrected chi connectivity index (χ4v) is 4.21. The minimum Gasteiger partial charge on any atom is -0.493 e. The van der Waals surface area contributed by atoms with Gasteiger partial charge in [0.1, 0.15) is 18.5 Å². The van der Waals surface area contributed by atoms with E-state index in [4.69, 9.17) is 25.8 Å². The van der Waals surface area contributed by atoms with Crippen molar-refractivity contribution < 1.29 is 33.0 Å². The molecule has 1 fully saturated rings. The molecule has 1 heterocycles. The fourth-order valence-electron chi connectivity index (χ4n) is 3.03. The van der Waals surface area contributed by atoms with Crippen LogP contribution in [0, 0.1) is 5.82 Å². The zero-order chi connectivity index (χ0) is 24.1. The number of carbonyl (C=O) groups is 3. The first kappa shape index (κ1) is 24.6. The van der Waals surface area contributed by atoms with E-state index in [1.807, 2.05) is 0 Å². The molecular weight excluding hydrogens is 473 g/mol. The van der Waals surface area contributed by atoms with E-state index in [0.717, 1.165) is 22.2 Å².